The minimum atomic E-state index is 0.0490. The van der Waals surface area contributed by atoms with Gasteiger partial charge in [0.15, 0.2) is 6.29 Å². The lowest BCUT2D eigenvalue weighted by molar-refractivity contribution is -0.164. The monoisotopic (exact) mass is 158 g/mol. The van der Waals surface area contributed by atoms with Gasteiger partial charge in [-0.05, 0) is 19.3 Å². The van der Waals surface area contributed by atoms with Crippen molar-refractivity contribution in [2.24, 2.45) is 0 Å². The van der Waals surface area contributed by atoms with Crippen LogP contribution in [0.5, 0.6) is 0 Å². The first-order chi connectivity index (χ1) is 5.45. The number of ether oxygens (including phenoxy) is 3. The summed E-state index contributed by atoms with van der Waals surface area (Å²) in [5.74, 6) is 0. The Bertz CT molecular complexity index is 117. The molecule has 2 aliphatic rings. The minimum Gasteiger partial charge on any atom is -0.371 e. The van der Waals surface area contributed by atoms with E-state index in [1.165, 1.54) is 12.8 Å². The summed E-state index contributed by atoms with van der Waals surface area (Å²) in [5.41, 5.74) is 0. The Balaban J connectivity index is 1.59. The van der Waals surface area contributed by atoms with Crippen LogP contribution in [0.25, 0.3) is 0 Å². The van der Waals surface area contributed by atoms with E-state index < -0.39 is 0 Å². The molecule has 0 unspecified atom stereocenters. The standard InChI is InChI=1S/C8H14O3/c1-2-4-9-8(3-1)11-6-7-5-10-7/h7-8H,1-6H2/t7-,8+/m1/s1. The van der Waals surface area contributed by atoms with Crippen LogP contribution in [0.15, 0.2) is 0 Å². The van der Waals surface area contributed by atoms with Crippen molar-refractivity contribution in [1.82, 2.24) is 0 Å². The fraction of sp³-hybridized carbons (Fsp3) is 1.00. The summed E-state index contributed by atoms with van der Waals surface area (Å²) in [7, 11) is 0. The average Bonchev–Trinajstić information content (AvgIpc) is 2.86. The Kier molecular flexibility index (Phi) is 2.41. The molecular formula is C8H14O3. The van der Waals surface area contributed by atoms with Gasteiger partial charge in [0, 0.05) is 6.61 Å². The van der Waals surface area contributed by atoms with Crippen LogP contribution in [0.2, 0.25) is 0 Å². The molecule has 0 bridgehead atoms. The van der Waals surface area contributed by atoms with Gasteiger partial charge in [-0.15, -0.1) is 0 Å². The smallest absolute Gasteiger partial charge is 0.157 e. The Morgan fingerprint density at radius 2 is 2.18 bits per heavy atom. The van der Waals surface area contributed by atoms with Gasteiger partial charge in [-0.1, -0.05) is 0 Å². The molecule has 0 radical (unpaired) electrons. The SMILES string of the molecule is C1CC[C@H](OC[C@H]2CO2)OC1. The van der Waals surface area contributed by atoms with Crippen LogP contribution < -0.4 is 0 Å². The molecule has 2 saturated heterocycles. The molecule has 0 aliphatic carbocycles. The van der Waals surface area contributed by atoms with Gasteiger partial charge in [0.25, 0.3) is 0 Å². The lowest BCUT2D eigenvalue weighted by Crippen LogP contribution is -2.23. The van der Waals surface area contributed by atoms with Crippen molar-refractivity contribution in [3.05, 3.63) is 0 Å². The van der Waals surface area contributed by atoms with Gasteiger partial charge in [-0.3, -0.25) is 0 Å². The molecule has 2 aliphatic heterocycles. The molecule has 3 heteroatoms. The third kappa shape index (κ3) is 2.43. The summed E-state index contributed by atoms with van der Waals surface area (Å²) in [5, 5.41) is 0. The lowest BCUT2D eigenvalue weighted by atomic mass is 10.2. The molecular weight excluding hydrogens is 144 g/mol. The van der Waals surface area contributed by atoms with Crippen LogP contribution in [0.3, 0.4) is 0 Å². The van der Waals surface area contributed by atoms with E-state index in [4.69, 9.17) is 14.2 Å². The van der Waals surface area contributed by atoms with E-state index in [0.717, 1.165) is 19.6 Å². The molecule has 0 N–H and O–H groups in total. The van der Waals surface area contributed by atoms with Gasteiger partial charge >= 0.3 is 0 Å². The molecule has 3 nitrogen and oxygen atoms in total. The highest BCUT2D eigenvalue weighted by Crippen LogP contribution is 2.16. The highest BCUT2D eigenvalue weighted by atomic mass is 16.7. The first kappa shape index (κ1) is 7.53. The van der Waals surface area contributed by atoms with Gasteiger partial charge < -0.3 is 14.2 Å². The second-order valence-corrected chi connectivity index (χ2v) is 3.08. The Morgan fingerprint density at radius 1 is 1.27 bits per heavy atom. The summed E-state index contributed by atoms with van der Waals surface area (Å²) >= 11 is 0. The number of hydrogen-bond donors (Lipinski definition) is 0. The van der Waals surface area contributed by atoms with E-state index in [2.05, 4.69) is 0 Å². The van der Waals surface area contributed by atoms with E-state index in [1.54, 1.807) is 0 Å². The molecule has 0 aromatic carbocycles. The zero-order valence-corrected chi connectivity index (χ0v) is 6.62. The zero-order chi connectivity index (χ0) is 7.52. The van der Waals surface area contributed by atoms with Crippen LogP contribution in [-0.2, 0) is 14.2 Å². The van der Waals surface area contributed by atoms with Gasteiger partial charge in [0.1, 0.15) is 6.10 Å². The van der Waals surface area contributed by atoms with Crippen LogP contribution in [-0.4, -0.2) is 32.2 Å². The summed E-state index contributed by atoms with van der Waals surface area (Å²) in [4.78, 5) is 0. The maximum Gasteiger partial charge on any atom is 0.157 e. The highest BCUT2D eigenvalue weighted by molar-refractivity contribution is 4.68. The van der Waals surface area contributed by atoms with Crippen molar-refractivity contribution in [3.8, 4) is 0 Å². The van der Waals surface area contributed by atoms with Crippen molar-refractivity contribution in [3.63, 3.8) is 0 Å². The summed E-state index contributed by atoms with van der Waals surface area (Å²) < 4.78 is 15.9. The van der Waals surface area contributed by atoms with E-state index in [0.29, 0.717) is 12.7 Å². The largest absolute Gasteiger partial charge is 0.371 e. The average molecular weight is 158 g/mol. The number of rotatable bonds is 3. The highest BCUT2D eigenvalue weighted by Gasteiger charge is 2.25. The molecule has 0 aromatic heterocycles. The van der Waals surface area contributed by atoms with Crippen molar-refractivity contribution < 1.29 is 14.2 Å². The van der Waals surface area contributed by atoms with Gasteiger partial charge in [-0.25, -0.2) is 0 Å². The first-order valence-electron chi connectivity index (χ1n) is 4.30. The van der Waals surface area contributed by atoms with Crippen LogP contribution in [0, 0.1) is 0 Å². The second kappa shape index (κ2) is 3.52. The molecule has 0 saturated carbocycles. The second-order valence-electron chi connectivity index (χ2n) is 3.08. The van der Waals surface area contributed by atoms with Crippen LogP contribution in [0.4, 0.5) is 0 Å². The molecule has 0 amide bonds. The number of epoxide rings is 1. The Hall–Kier alpha value is -0.120. The molecule has 2 atom stereocenters. The van der Waals surface area contributed by atoms with E-state index >= 15 is 0 Å². The van der Waals surface area contributed by atoms with Gasteiger partial charge in [0.2, 0.25) is 0 Å². The van der Waals surface area contributed by atoms with Gasteiger partial charge in [-0.2, -0.15) is 0 Å². The molecule has 0 spiro atoms. The van der Waals surface area contributed by atoms with E-state index in [1.807, 2.05) is 0 Å². The minimum absolute atomic E-state index is 0.0490. The van der Waals surface area contributed by atoms with E-state index in [9.17, 15) is 0 Å². The lowest BCUT2D eigenvalue weighted by Gasteiger charge is -2.22. The van der Waals surface area contributed by atoms with Gasteiger partial charge in [0.05, 0.1) is 13.2 Å². The molecule has 0 aromatic rings. The fourth-order valence-corrected chi connectivity index (χ4v) is 1.22. The topological polar surface area (TPSA) is 31.0 Å². The van der Waals surface area contributed by atoms with Crippen molar-refractivity contribution >= 4 is 0 Å². The predicted molar refractivity (Wildman–Crippen MR) is 39.3 cm³/mol. The summed E-state index contributed by atoms with van der Waals surface area (Å²) in [6.45, 7) is 2.44. The first-order valence-corrected chi connectivity index (χ1v) is 4.30. The Morgan fingerprint density at radius 3 is 2.82 bits per heavy atom. The van der Waals surface area contributed by atoms with Crippen molar-refractivity contribution in [2.75, 3.05) is 19.8 Å². The van der Waals surface area contributed by atoms with Crippen LogP contribution >= 0.6 is 0 Å². The van der Waals surface area contributed by atoms with Crippen molar-refractivity contribution in [1.29, 1.82) is 0 Å². The molecule has 2 fully saturated rings. The normalized spacial score (nSPS) is 37.1. The molecule has 2 rings (SSSR count). The third-order valence-corrected chi connectivity index (χ3v) is 2.01. The summed E-state index contributed by atoms with van der Waals surface area (Å²) in [6, 6.07) is 0. The number of hydrogen-bond acceptors (Lipinski definition) is 3. The molecule has 2 heterocycles. The predicted octanol–water partition coefficient (Wildman–Crippen LogP) is 0.928. The maximum atomic E-state index is 5.46. The maximum absolute atomic E-state index is 5.46. The molecule has 11 heavy (non-hydrogen) atoms. The quantitative estimate of drug-likeness (QED) is 0.572. The fourth-order valence-electron chi connectivity index (χ4n) is 1.22. The Labute approximate surface area is 66.6 Å². The van der Waals surface area contributed by atoms with E-state index in [-0.39, 0.29) is 6.29 Å². The van der Waals surface area contributed by atoms with Crippen molar-refractivity contribution in [2.45, 2.75) is 31.7 Å². The third-order valence-electron chi connectivity index (χ3n) is 2.01. The van der Waals surface area contributed by atoms with Crippen LogP contribution in [0.1, 0.15) is 19.3 Å². The molecule has 64 valence electrons. The summed E-state index contributed by atoms with van der Waals surface area (Å²) in [6.07, 6.45) is 3.87. The zero-order valence-electron chi connectivity index (χ0n) is 6.62.